The van der Waals surface area contributed by atoms with Gasteiger partial charge in [0.25, 0.3) is 0 Å². The van der Waals surface area contributed by atoms with Gasteiger partial charge in [-0.2, -0.15) is 0 Å². The van der Waals surface area contributed by atoms with E-state index in [9.17, 15) is 9.59 Å². The van der Waals surface area contributed by atoms with Gasteiger partial charge < -0.3 is 14.4 Å². The Labute approximate surface area is 136 Å². The molecular formula is C18H21N3O2. The van der Waals surface area contributed by atoms with Gasteiger partial charge in [0, 0.05) is 51.0 Å². The van der Waals surface area contributed by atoms with Gasteiger partial charge in [-0.1, -0.05) is 18.2 Å². The number of amides is 1. The third-order valence-corrected chi connectivity index (χ3v) is 4.31. The van der Waals surface area contributed by atoms with E-state index in [0.717, 1.165) is 32.5 Å². The predicted octanol–water partition coefficient (Wildman–Crippen LogP) is 2.04. The lowest BCUT2D eigenvalue weighted by Crippen LogP contribution is -2.48. The van der Waals surface area contributed by atoms with Crippen LogP contribution in [0.25, 0.3) is 0 Å². The molecule has 1 aromatic heterocycles. The summed E-state index contributed by atoms with van der Waals surface area (Å²) in [5, 5.41) is 0. The first-order chi connectivity index (χ1) is 11.3. The van der Waals surface area contributed by atoms with E-state index in [1.807, 2.05) is 39.9 Å². The smallest absolute Gasteiger partial charge is 0.224 e. The zero-order chi connectivity index (χ0) is 16.1. The van der Waals surface area contributed by atoms with Gasteiger partial charge in [0.15, 0.2) is 6.29 Å². The number of carbonyl (C=O) groups excluding carboxylic acids is 2. The van der Waals surface area contributed by atoms with Crippen molar-refractivity contribution >= 4 is 17.9 Å². The molecule has 0 unspecified atom stereocenters. The molecule has 1 aliphatic heterocycles. The summed E-state index contributed by atoms with van der Waals surface area (Å²) in [5.41, 5.74) is 1.83. The average Bonchev–Trinajstić information content (AvgIpc) is 3.08. The molecule has 0 atom stereocenters. The fourth-order valence-electron chi connectivity index (χ4n) is 2.97. The van der Waals surface area contributed by atoms with Crippen molar-refractivity contribution in [3.05, 3.63) is 54.4 Å². The lowest BCUT2D eigenvalue weighted by molar-refractivity contribution is -0.131. The number of aromatic nitrogens is 1. The fourth-order valence-corrected chi connectivity index (χ4v) is 2.97. The molecule has 1 saturated heterocycles. The summed E-state index contributed by atoms with van der Waals surface area (Å²) >= 11 is 0. The van der Waals surface area contributed by atoms with Crippen molar-refractivity contribution in [2.45, 2.75) is 13.0 Å². The predicted molar refractivity (Wildman–Crippen MR) is 89.7 cm³/mol. The van der Waals surface area contributed by atoms with E-state index < -0.39 is 0 Å². The molecule has 2 aromatic rings. The van der Waals surface area contributed by atoms with E-state index in [1.165, 1.54) is 5.69 Å². The summed E-state index contributed by atoms with van der Waals surface area (Å²) in [5.74, 6) is 0.156. The van der Waals surface area contributed by atoms with E-state index in [4.69, 9.17) is 0 Å². The van der Waals surface area contributed by atoms with Crippen LogP contribution in [0.1, 0.15) is 16.9 Å². The molecule has 0 bridgehead atoms. The Morgan fingerprint density at radius 1 is 1.00 bits per heavy atom. The second-order valence-electron chi connectivity index (χ2n) is 5.70. The molecule has 0 saturated carbocycles. The molecule has 0 spiro atoms. The van der Waals surface area contributed by atoms with Crippen LogP contribution in [0.4, 0.5) is 5.69 Å². The summed E-state index contributed by atoms with van der Waals surface area (Å²) in [6, 6.07) is 13.9. The van der Waals surface area contributed by atoms with Crippen molar-refractivity contribution in [3.63, 3.8) is 0 Å². The Kier molecular flexibility index (Phi) is 4.76. The summed E-state index contributed by atoms with van der Waals surface area (Å²) in [7, 11) is 0. The first-order valence-corrected chi connectivity index (χ1v) is 7.96. The van der Waals surface area contributed by atoms with Crippen LogP contribution < -0.4 is 4.90 Å². The van der Waals surface area contributed by atoms with E-state index in [0.29, 0.717) is 18.7 Å². The van der Waals surface area contributed by atoms with Crippen molar-refractivity contribution < 1.29 is 9.59 Å². The summed E-state index contributed by atoms with van der Waals surface area (Å²) in [6.45, 7) is 3.77. The fraction of sp³-hybridized carbons (Fsp3) is 0.333. The number of hydrogen-bond donors (Lipinski definition) is 0. The first kappa shape index (κ1) is 15.3. The zero-order valence-electron chi connectivity index (χ0n) is 13.1. The van der Waals surface area contributed by atoms with Gasteiger partial charge in [-0.25, -0.2) is 0 Å². The number of nitrogens with zero attached hydrogens (tertiary/aromatic N) is 3. The van der Waals surface area contributed by atoms with Crippen LogP contribution in [0, 0.1) is 0 Å². The van der Waals surface area contributed by atoms with Crippen LogP contribution in [-0.2, 0) is 11.3 Å². The molecule has 1 aromatic carbocycles. The minimum Gasteiger partial charge on any atom is -0.368 e. The Morgan fingerprint density at radius 3 is 2.43 bits per heavy atom. The second kappa shape index (κ2) is 7.13. The molecule has 1 aliphatic rings. The highest BCUT2D eigenvalue weighted by molar-refractivity contribution is 5.77. The number of carbonyl (C=O) groups is 2. The quantitative estimate of drug-likeness (QED) is 0.794. The minimum atomic E-state index is 0.156. The Bertz CT molecular complexity index is 658. The summed E-state index contributed by atoms with van der Waals surface area (Å²) < 4.78 is 1.82. The Morgan fingerprint density at radius 2 is 1.74 bits per heavy atom. The van der Waals surface area contributed by atoms with E-state index in [1.54, 1.807) is 6.07 Å². The van der Waals surface area contributed by atoms with Gasteiger partial charge in [-0.15, -0.1) is 0 Å². The Hall–Kier alpha value is -2.56. The maximum absolute atomic E-state index is 12.3. The number of hydrogen-bond acceptors (Lipinski definition) is 3. The molecule has 1 amide bonds. The van der Waals surface area contributed by atoms with Crippen LogP contribution in [0.5, 0.6) is 0 Å². The lowest BCUT2D eigenvalue weighted by Gasteiger charge is -2.36. The molecular weight excluding hydrogens is 290 g/mol. The standard InChI is InChI=1S/C18H21N3O2/c22-15-17-7-4-9-19(17)10-8-18(23)21-13-11-20(12-14-21)16-5-2-1-3-6-16/h1-7,9,15H,8,10-14H2. The van der Waals surface area contributed by atoms with E-state index in [-0.39, 0.29) is 5.91 Å². The molecule has 2 heterocycles. The van der Waals surface area contributed by atoms with Gasteiger partial charge in [0.2, 0.25) is 5.91 Å². The lowest BCUT2D eigenvalue weighted by atomic mass is 10.2. The highest BCUT2D eigenvalue weighted by atomic mass is 16.2. The molecule has 0 radical (unpaired) electrons. The van der Waals surface area contributed by atoms with E-state index in [2.05, 4.69) is 17.0 Å². The van der Waals surface area contributed by atoms with Crippen molar-refractivity contribution in [3.8, 4) is 0 Å². The Balaban J connectivity index is 1.49. The largest absolute Gasteiger partial charge is 0.368 e. The number of benzene rings is 1. The summed E-state index contributed by atoms with van der Waals surface area (Å²) in [6.07, 6.45) is 3.09. The second-order valence-corrected chi connectivity index (χ2v) is 5.70. The topological polar surface area (TPSA) is 45.6 Å². The van der Waals surface area contributed by atoms with Crippen molar-refractivity contribution in [2.24, 2.45) is 0 Å². The molecule has 1 fully saturated rings. The number of aryl methyl sites for hydroxylation is 1. The highest BCUT2D eigenvalue weighted by Gasteiger charge is 2.21. The third kappa shape index (κ3) is 3.62. The molecule has 3 rings (SSSR count). The monoisotopic (exact) mass is 311 g/mol. The SMILES string of the molecule is O=Cc1cccn1CCC(=O)N1CCN(c2ccccc2)CC1. The maximum atomic E-state index is 12.3. The van der Waals surface area contributed by atoms with E-state index >= 15 is 0 Å². The van der Waals surface area contributed by atoms with Crippen molar-refractivity contribution in [1.29, 1.82) is 0 Å². The molecule has 5 heteroatoms. The average molecular weight is 311 g/mol. The van der Waals surface area contributed by atoms with Crippen LogP contribution >= 0.6 is 0 Å². The van der Waals surface area contributed by atoms with Gasteiger partial charge >= 0.3 is 0 Å². The normalized spacial score (nSPS) is 14.8. The third-order valence-electron chi connectivity index (χ3n) is 4.31. The van der Waals surface area contributed by atoms with Crippen LogP contribution in [0.2, 0.25) is 0 Å². The molecule has 0 aliphatic carbocycles. The zero-order valence-corrected chi connectivity index (χ0v) is 13.1. The highest BCUT2D eigenvalue weighted by Crippen LogP contribution is 2.16. The van der Waals surface area contributed by atoms with Crippen LogP contribution in [-0.4, -0.2) is 47.8 Å². The molecule has 0 N–H and O–H groups in total. The van der Waals surface area contributed by atoms with Crippen molar-refractivity contribution in [2.75, 3.05) is 31.1 Å². The van der Waals surface area contributed by atoms with Crippen LogP contribution in [0.15, 0.2) is 48.7 Å². The van der Waals surface area contributed by atoms with Crippen LogP contribution in [0.3, 0.4) is 0 Å². The van der Waals surface area contributed by atoms with Crippen molar-refractivity contribution in [1.82, 2.24) is 9.47 Å². The first-order valence-electron chi connectivity index (χ1n) is 7.96. The number of piperazine rings is 1. The maximum Gasteiger partial charge on any atom is 0.224 e. The minimum absolute atomic E-state index is 0.156. The number of para-hydroxylation sites is 1. The molecule has 5 nitrogen and oxygen atoms in total. The number of aldehydes is 1. The number of rotatable bonds is 5. The summed E-state index contributed by atoms with van der Waals surface area (Å²) in [4.78, 5) is 27.5. The van der Waals surface area contributed by atoms with Gasteiger partial charge in [-0.05, 0) is 24.3 Å². The van der Waals surface area contributed by atoms with Gasteiger partial charge in [-0.3, -0.25) is 9.59 Å². The van der Waals surface area contributed by atoms with Gasteiger partial charge in [0.1, 0.15) is 0 Å². The van der Waals surface area contributed by atoms with Gasteiger partial charge in [0.05, 0.1) is 5.69 Å². The number of anilines is 1. The molecule has 23 heavy (non-hydrogen) atoms. The molecule has 120 valence electrons.